The quantitative estimate of drug-likeness (QED) is 0.454. The van der Waals surface area contributed by atoms with Crippen molar-refractivity contribution >= 4 is 64.1 Å². The van der Waals surface area contributed by atoms with E-state index in [-0.39, 0.29) is 18.6 Å². The Morgan fingerprint density at radius 3 is 2.73 bits per heavy atom. The van der Waals surface area contributed by atoms with Gasteiger partial charge in [-0.05, 0) is 49.3 Å². The Labute approximate surface area is 193 Å². The van der Waals surface area contributed by atoms with Crippen molar-refractivity contribution in [3.05, 3.63) is 56.6 Å². The molecule has 1 N–H and O–H groups in total. The molecule has 2 fully saturated rings. The van der Waals surface area contributed by atoms with Crippen LogP contribution in [0.2, 0.25) is 15.1 Å². The van der Waals surface area contributed by atoms with Gasteiger partial charge in [0.2, 0.25) is 0 Å². The zero-order valence-electron chi connectivity index (χ0n) is 15.6. The van der Waals surface area contributed by atoms with Crippen LogP contribution in [0.15, 0.2) is 34.4 Å². The van der Waals surface area contributed by atoms with Crippen molar-refractivity contribution in [2.45, 2.75) is 25.6 Å². The number of thiocarbonyl (C=S) groups is 1. The van der Waals surface area contributed by atoms with Crippen LogP contribution in [0.3, 0.4) is 0 Å². The highest BCUT2D eigenvalue weighted by atomic mass is 35.5. The number of carbonyl (C=O) groups is 1. The first-order valence-electron chi connectivity index (χ1n) is 9.23. The monoisotopic (exact) mass is 486 g/mol. The lowest BCUT2D eigenvalue weighted by Gasteiger charge is -2.18. The van der Waals surface area contributed by atoms with Gasteiger partial charge >= 0.3 is 0 Å². The number of hydrogen-bond donors (Lipinski definition) is 1. The summed E-state index contributed by atoms with van der Waals surface area (Å²) < 4.78 is 17.0. The fraction of sp³-hybridized carbons (Fsp3) is 0.300. The molecule has 2 saturated heterocycles. The molecule has 2 aromatic rings. The molecule has 0 bridgehead atoms. The summed E-state index contributed by atoms with van der Waals surface area (Å²) in [6.07, 6.45) is 3.55. The predicted octanol–water partition coefficient (Wildman–Crippen LogP) is 5.06. The lowest BCUT2D eigenvalue weighted by atomic mass is 10.2. The molecule has 6 nitrogen and oxygen atoms in total. The summed E-state index contributed by atoms with van der Waals surface area (Å²) in [4.78, 5) is 14.2. The molecule has 1 aromatic heterocycles. The fourth-order valence-electron chi connectivity index (χ4n) is 3.23. The average Bonchev–Trinajstić information content (AvgIpc) is 3.40. The van der Waals surface area contributed by atoms with Crippen LogP contribution in [-0.2, 0) is 16.1 Å². The molecule has 0 radical (unpaired) electrons. The van der Waals surface area contributed by atoms with Gasteiger partial charge < -0.3 is 19.2 Å². The average molecular weight is 488 g/mol. The van der Waals surface area contributed by atoms with Crippen molar-refractivity contribution in [3.8, 4) is 5.75 Å². The molecule has 0 spiro atoms. The highest BCUT2D eigenvalue weighted by molar-refractivity contribution is 7.80. The number of nitrogens with one attached hydrogen (secondary N) is 1. The van der Waals surface area contributed by atoms with E-state index >= 15 is 0 Å². The van der Waals surface area contributed by atoms with Crippen LogP contribution < -0.4 is 10.1 Å². The van der Waals surface area contributed by atoms with Crippen molar-refractivity contribution in [1.82, 2.24) is 10.2 Å². The Bertz CT molecular complexity index is 994. The van der Waals surface area contributed by atoms with E-state index in [9.17, 15) is 4.79 Å². The largest absolute Gasteiger partial charge is 0.483 e. The van der Waals surface area contributed by atoms with Crippen LogP contribution >= 0.6 is 47.0 Å². The lowest BCUT2D eigenvalue weighted by Crippen LogP contribution is -2.37. The Morgan fingerprint density at radius 1 is 1.27 bits per heavy atom. The van der Waals surface area contributed by atoms with Gasteiger partial charge in [0.1, 0.15) is 23.8 Å². The molecule has 1 aromatic carbocycles. The third-order valence-electron chi connectivity index (χ3n) is 4.66. The molecule has 30 heavy (non-hydrogen) atoms. The number of hydrogen-bond acceptors (Lipinski definition) is 5. The SMILES string of the molecule is O=C1/C(=C\c2ccc(COc3c(Cl)cc(Cl)cc3Cl)o2)NC(=S)N1CC1CCCO1. The summed E-state index contributed by atoms with van der Waals surface area (Å²) in [5, 5.41) is 4.34. The van der Waals surface area contributed by atoms with E-state index in [1.165, 1.54) is 4.90 Å². The van der Waals surface area contributed by atoms with Gasteiger partial charge in [-0.15, -0.1) is 0 Å². The van der Waals surface area contributed by atoms with Gasteiger partial charge in [0.05, 0.1) is 22.7 Å². The first kappa shape index (κ1) is 21.5. The molecule has 158 valence electrons. The highest BCUT2D eigenvalue weighted by Crippen LogP contribution is 2.36. The maximum absolute atomic E-state index is 12.7. The van der Waals surface area contributed by atoms with Gasteiger partial charge in [-0.1, -0.05) is 34.8 Å². The number of nitrogens with zero attached hydrogens (tertiary/aromatic N) is 1. The van der Waals surface area contributed by atoms with E-state index in [2.05, 4.69) is 5.32 Å². The summed E-state index contributed by atoms with van der Waals surface area (Å²) in [5.74, 6) is 1.14. The topological polar surface area (TPSA) is 63.9 Å². The van der Waals surface area contributed by atoms with Crippen molar-refractivity contribution < 1.29 is 18.7 Å². The number of amides is 1. The number of rotatable bonds is 6. The van der Waals surface area contributed by atoms with Gasteiger partial charge in [-0.25, -0.2) is 0 Å². The normalized spacial score (nSPS) is 20.3. The third kappa shape index (κ3) is 4.76. The second kappa shape index (κ2) is 9.16. The minimum atomic E-state index is -0.204. The van der Waals surface area contributed by atoms with E-state index < -0.39 is 0 Å². The van der Waals surface area contributed by atoms with Crippen LogP contribution in [0.4, 0.5) is 0 Å². The molecule has 0 aliphatic carbocycles. The number of halogens is 3. The standard InChI is InChI=1S/C20H17Cl3N2O4S/c21-11-6-15(22)18(16(23)7-11)28-10-14-4-3-12(29-14)8-17-19(26)25(20(30)24-17)9-13-2-1-5-27-13/h3-4,6-8,13H,1-2,5,9-10H2,(H,24,30)/b17-8+. The van der Waals surface area contributed by atoms with E-state index in [4.69, 9.17) is 60.9 Å². The maximum Gasteiger partial charge on any atom is 0.276 e. The number of furan rings is 1. The highest BCUT2D eigenvalue weighted by Gasteiger charge is 2.33. The molecule has 2 aliphatic rings. The molecule has 1 unspecified atom stereocenters. The zero-order chi connectivity index (χ0) is 21.3. The summed E-state index contributed by atoms with van der Waals surface area (Å²) in [6, 6.07) is 6.57. The van der Waals surface area contributed by atoms with Crippen molar-refractivity contribution in [1.29, 1.82) is 0 Å². The lowest BCUT2D eigenvalue weighted by molar-refractivity contribution is -0.123. The fourth-order valence-corrected chi connectivity index (χ4v) is 4.42. The second-order valence-corrected chi connectivity index (χ2v) is 8.47. The van der Waals surface area contributed by atoms with Gasteiger partial charge in [-0.2, -0.15) is 0 Å². The van der Waals surface area contributed by atoms with Gasteiger partial charge in [0.25, 0.3) is 5.91 Å². The van der Waals surface area contributed by atoms with E-state index in [1.54, 1.807) is 30.3 Å². The molecule has 10 heteroatoms. The Kier molecular flexibility index (Phi) is 6.55. The first-order valence-corrected chi connectivity index (χ1v) is 10.8. The van der Waals surface area contributed by atoms with Crippen molar-refractivity contribution in [2.75, 3.05) is 13.2 Å². The molecule has 0 saturated carbocycles. The summed E-state index contributed by atoms with van der Waals surface area (Å²) in [6.45, 7) is 1.27. The molecular formula is C20H17Cl3N2O4S. The molecule has 1 amide bonds. The summed E-state index contributed by atoms with van der Waals surface area (Å²) >= 11 is 23.4. The van der Waals surface area contributed by atoms with E-state index in [0.29, 0.717) is 49.7 Å². The molecular weight excluding hydrogens is 471 g/mol. The van der Waals surface area contributed by atoms with Gasteiger partial charge in [0, 0.05) is 17.7 Å². The number of ether oxygens (including phenoxy) is 2. The second-order valence-electron chi connectivity index (χ2n) is 6.83. The molecule has 1 atom stereocenters. The Morgan fingerprint density at radius 2 is 2.03 bits per heavy atom. The molecule has 2 aliphatic heterocycles. The number of benzene rings is 1. The number of carbonyl (C=O) groups excluding carboxylic acids is 1. The Hall–Kier alpha value is -1.77. The maximum atomic E-state index is 12.7. The van der Waals surface area contributed by atoms with Crippen LogP contribution in [0.1, 0.15) is 24.4 Å². The molecule has 4 rings (SSSR count). The minimum Gasteiger partial charge on any atom is -0.483 e. The predicted molar refractivity (Wildman–Crippen MR) is 119 cm³/mol. The van der Waals surface area contributed by atoms with Crippen molar-refractivity contribution in [2.24, 2.45) is 0 Å². The Balaban J connectivity index is 1.41. The zero-order valence-corrected chi connectivity index (χ0v) is 18.7. The molecule has 3 heterocycles. The van der Waals surface area contributed by atoms with Crippen LogP contribution in [0.25, 0.3) is 6.08 Å². The van der Waals surface area contributed by atoms with Crippen LogP contribution in [0, 0.1) is 0 Å². The summed E-state index contributed by atoms with van der Waals surface area (Å²) in [7, 11) is 0. The summed E-state index contributed by atoms with van der Waals surface area (Å²) in [5.41, 5.74) is 0.351. The van der Waals surface area contributed by atoms with Crippen molar-refractivity contribution in [3.63, 3.8) is 0 Å². The van der Waals surface area contributed by atoms with Crippen LogP contribution in [0.5, 0.6) is 5.75 Å². The first-order chi connectivity index (χ1) is 14.4. The van der Waals surface area contributed by atoms with Crippen LogP contribution in [-0.4, -0.2) is 35.2 Å². The van der Waals surface area contributed by atoms with Gasteiger partial charge in [0.15, 0.2) is 10.9 Å². The smallest absolute Gasteiger partial charge is 0.276 e. The van der Waals surface area contributed by atoms with E-state index in [1.807, 2.05) is 0 Å². The van der Waals surface area contributed by atoms with E-state index in [0.717, 1.165) is 19.4 Å². The third-order valence-corrected chi connectivity index (χ3v) is 5.77. The van der Waals surface area contributed by atoms with Gasteiger partial charge in [-0.3, -0.25) is 9.69 Å². The minimum absolute atomic E-state index is 0.0203.